The van der Waals surface area contributed by atoms with Crippen LogP contribution in [0.25, 0.3) is 0 Å². The molecule has 0 aromatic heterocycles. The lowest BCUT2D eigenvalue weighted by Gasteiger charge is -2.13. The molecule has 0 saturated heterocycles. The standard InChI is InChI=1S/C16H34O2/c1-2-3-4-6-9-12-16(15-18)13-10-7-5-8-11-14-17/h16-18H,2-15H2,1H3. The molecule has 0 aromatic carbocycles. The fourth-order valence-corrected chi connectivity index (χ4v) is 2.44. The van der Waals surface area contributed by atoms with Gasteiger partial charge in [0.25, 0.3) is 0 Å². The van der Waals surface area contributed by atoms with Crippen molar-refractivity contribution in [3.8, 4) is 0 Å². The van der Waals surface area contributed by atoms with Crippen LogP contribution in [0.4, 0.5) is 0 Å². The van der Waals surface area contributed by atoms with E-state index in [1.807, 2.05) is 0 Å². The van der Waals surface area contributed by atoms with Gasteiger partial charge >= 0.3 is 0 Å². The van der Waals surface area contributed by atoms with Gasteiger partial charge in [-0.05, 0) is 25.2 Å². The Morgan fingerprint density at radius 2 is 1.17 bits per heavy atom. The summed E-state index contributed by atoms with van der Waals surface area (Å²) in [6.07, 6.45) is 14.9. The van der Waals surface area contributed by atoms with Crippen LogP contribution in [-0.4, -0.2) is 23.4 Å². The Balaban J connectivity index is 3.29. The molecule has 18 heavy (non-hydrogen) atoms. The SMILES string of the molecule is CCCCCCCC(CO)CCCCCCCO. The van der Waals surface area contributed by atoms with Gasteiger partial charge in [0.05, 0.1) is 0 Å². The summed E-state index contributed by atoms with van der Waals surface area (Å²) >= 11 is 0. The molecule has 0 saturated carbocycles. The van der Waals surface area contributed by atoms with Crippen LogP contribution >= 0.6 is 0 Å². The fraction of sp³-hybridized carbons (Fsp3) is 1.00. The highest BCUT2D eigenvalue weighted by Gasteiger charge is 2.06. The Hall–Kier alpha value is -0.0800. The van der Waals surface area contributed by atoms with Crippen molar-refractivity contribution in [3.63, 3.8) is 0 Å². The maximum absolute atomic E-state index is 9.34. The second kappa shape index (κ2) is 15.0. The topological polar surface area (TPSA) is 40.5 Å². The minimum atomic E-state index is 0.330. The van der Waals surface area contributed by atoms with Gasteiger partial charge in [0.15, 0.2) is 0 Å². The summed E-state index contributed by atoms with van der Waals surface area (Å²) in [4.78, 5) is 0. The number of rotatable bonds is 14. The largest absolute Gasteiger partial charge is 0.396 e. The molecule has 2 nitrogen and oxygen atoms in total. The summed E-state index contributed by atoms with van der Waals surface area (Å²) in [6, 6.07) is 0. The van der Waals surface area contributed by atoms with Crippen molar-refractivity contribution < 1.29 is 10.2 Å². The van der Waals surface area contributed by atoms with Crippen LogP contribution in [0.15, 0.2) is 0 Å². The summed E-state index contributed by atoms with van der Waals surface area (Å²) in [5, 5.41) is 18.0. The molecule has 0 bridgehead atoms. The third-order valence-corrected chi connectivity index (χ3v) is 3.74. The molecular weight excluding hydrogens is 224 g/mol. The molecular formula is C16H34O2. The van der Waals surface area contributed by atoms with Crippen molar-refractivity contribution in [2.45, 2.75) is 84.0 Å². The van der Waals surface area contributed by atoms with Crippen molar-refractivity contribution in [3.05, 3.63) is 0 Å². The molecule has 0 aliphatic rings. The van der Waals surface area contributed by atoms with Gasteiger partial charge in [0, 0.05) is 13.2 Å². The zero-order chi connectivity index (χ0) is 13.5. The highest BCUT2D eigenvalue weighted by molar-refractivity contribution is 4.59. The summed E-state index contributed by atoms with van der Waals surface area (Å²) in [5.74, 6) is 0.532. The molecule has 0 rings (SSSR count). The van der Waals surface area contributed by atoms with Crippen molar-refractivity contribution >= 4 is 0 Å². The van der Waals surface area contributed by atoms with E-state index < -0.39 is 0 Å². The minimum Gasteiger partial charge on any atom is -0.396 e. The van der Waals surface area contributed by atoms with Crippen molar-refractivity contribution in [1.82, 2.24) is 0 Å². The average molecular weight is 258 g/mol. The second-order valence-corrected chi connectivity index (χ2v) is 5.53. The van der Waals surface area contributed by atoms with E-state index in [2.05, 4.69) is 6.92 Å². The molecule has 0 aromatic rings. The predicted octanol–water partition coefficient (Wildman–Crippen LogP) is 4.29. The lowest BCUT2D eigenvalue weighted by atomic mass is 9.95. The van der Waals surface area contributed by atoms with E-state index in [0.29, 0.717) is 19.1 Å². The van der Waals surface area contributed by atoms with Gasteiger partial charge in [-0.25, -0.2) is 0 Å². The van der Waals surface area contributed by atoms with Crippen LogP contribution in [0.5, 0.6) is 0 Å². The molecule has 1 atom stereocenters. The van der Waals surface area contributed by atoms with Gasteiger partial charge < -0.3 is 10.2 Å². The molecule has 110 valence electrons. The number of aliphatic hydroxyl groups excluding tert-OH is 2. The first kappa shape index (κ1) is 17.9. The molecule has 0 spiro atoms. The van der Waals surface area contributed by atoms with Gasteiger partial charge in [-0.15, -0.1) is 0 Å². The minimum absolute atomic E-state index is 0.330. The average Bonchev–Trinajstić information content (AvgIpc) is 2.40. The van der Waals surface area contributed by atoms with Crippen LogP contribution in [0, 0.1) is 5.92 Å². The smallest absolute Gasteiger partial charge is 0.0459 e. The fourth-order valence-electron chi connectivity index (χ4n) is 2.44. The van der Waals surface area contributed by atoms with Gasteiger partial charge in [-0.3, -0.25) is 0 Å². The molecule has 0 amide bonds. The van der Waals surface area contributed by atoms with Crippen LogP contribution in [0.2, 0.25) is 0 Å². The van der Waals surface area contributed by atoms with E-state index in [1.165, 1.54) is 64.2 Å². The Morgan fingerprint density at radius 3 is 1.67 bits per heavy atom. The molecule has 0 radical (unpaired) electrons. The quantitative estimate of drug-likeness (QED) is 0.456. The Bertz CT molecular complexity index is 148. The van der Waals surface area contributed by atoms with Crippen LogP contribution in [0.3, 0.4) is 0 Å². The number of hydrogen-bond acceptors (Lipinski definition) is 2. The van der Waals surface area contributed by atoms with Crippen molar-refractivity contribution in [2.75, 3.05) is 13.2 Å². The normalized spacial score (nSPS) is 12.8. The predicted molar refractivity (Wildman–Crippen MR) is 78.7 cm³/mol. The highest BCUT2D eigenvalue weighted by atomic mass is 16.3. The number of hydrogen-bond donors (Lipinski definition) is 2. The van der Waals surface area contributed by atoms with E-state index in [4.69, 9.17) is 5.11 Å². The lowest BCUT2D eigenvalue weighted by molar-refractivity contribution is 0.204. The van der Waals surface area contributed by atoms with Gasteiger partial charge in [-0.2, -0.15) is 0 Å². The second-order valence-electron chi connectivity index (χ2n) is 5.53. The number of aliphatic hydroxyl groups is 2. The molecule has 2 N–H and O–H groups in total. The monoisotopic (exact) mass is 258 g/mol. The van der Waals surface area contributed by atoms with E-state index in [1.54, 1.807) is 0 Å². The summed E-state index contributed by atoms with van der Waals surface area (Å²) in [7, 11) is 0. The van der Waals surface area contributed by atoms with E-state index in [0.717, 1.165) is 12.8 Å². The van der Waals surface area contributed by atoms with E-state index in [9.17, 15) is 5.11 Å². The Kier molecular flexibility index (Phi) is 14.9. The summed E-state index contributed by atoms with van der Waals surface area (Å²) < 4.78 is 0. The van der Waals surface area contributed by atoms with Crippen molar-refractivity contribution in [2.24, 2.45) is 5.92 Å². The maximum atomic E-state index is 9.34. The summed E-state index contributed by atoms with van der Waals surface area (Å²) in [5.41, 5.74) is 0. The van der Waals surface area contributed by atoms with Crippen LogP contribution in [-0.2, 0) is 0 Å². The van der Waals surface area contributed by atoms with Crippen LogP contribution < -0.4 is 0 Å². The Labute approximate surface area is 114 Å². The summed E-state index contributed by atoms with van der Waals surface area (Å²) in [6.45, 7) is 2.94. The first-order valence-electron chi connectivity index (χ1n) is 8.06. The lowest BCUT2D eigenvalue weighted by Crippen LogP contribution is -2.06. The molecule has 1 unspecified atom stereocenters. The molecule has 0 aliphatic carbocycles. The first-order chi connectivity index (χ1) is 8.85. The van der Waals surface area contributed by atoms with Crippen LogP contribution in [0.1, 0.15) is 84.0 Å². The van der Waals surface area contributed by atoms with Crippen molar-refractivity contribution in [1.29, 1.82) is 0 Å². The zero-order valence-electron chi connectivity index (χ0n) is 12.4. The molecule has 0 aliphatic heterocycles. The maximum Gasteiger partial charge on any atom is 0.0459 e. The van der Waals surface area contributed by atoms with Gasteiger partial charge in [0.2, 0.25) is 0 Å². The zero-order valence-corrected chi connectivity index (χ0v) is 12.4. The molecule has 0 fully saturated rings. The van der Waals surface area contributed by atoms with Gasteiger partial charge in [-0.1, -0.05) is 64.7 Å². The Morgan fingerprint density at radius 1 is 0.667 bits per heavy atom. The first-order valence-corrected chi connectivity index (χ1v) is 8.06. The molecule has 0 heterocycles. The van der Waals surface area contributed by atoms with E-state index >= 15 is 0 Å². The number of unbranched alkanes of at least 4 members (excludes halogenated alkanes) is 8. The highest BCUT2D eigenvalue weighted by Crippen LogP contribution is 2.18. The molecule has 2 heteroatoms. The third-order valence-electron chi connectivity index (χ3n) is 3.74. The third kappa shape index (κ3) is 12.4. The van der Waals surface area contributed by atoms with Gasteiger partial charge in [0.1, 0.15) is 0 Å². The van der Waals surface area contributed by atoms with E-state index in [-0.39, 0.29) is 0 Å².